The van der Waals surface area contributed by atoms with E-state index in [9.17, 15) is 0 Å². The summed E-state index contributed by atoms with van der Waals surface area (Å²) in [5.74, 6) is -17.2. The Bertz CT molecular complexity index is 2390. The summed E-state index contributed by atoms with van der Waals surface area (Å²) in [5, 5.41) is 0.188. The van der Waals surface area contributed by atoms with Gasteiger partial charge in [-0.1, -0.05) is 90.1 Å². The molecule has 2 unspecified atom stereocenters. The summed E-state index contributed by atoms with van der Waals surface area (Å²) in [5.41, 5.74) is -1.39. The van der Waals surface area contributed by atoms with Crippen LogP contribution in [0, 0.1) is 5.92 Å². The zero-order valence-electron chi connectivity index (χ0n) is 34.0. The quantitative estimate of drug-likeness (QED) is 0.157. The van der Waals surface area contributed by atoms with Gasteiger partial charge in [-0.15, -0.1) is 0 Å². The van der Waals surface area contributed by atoms with E-state index in [0.717, 1.165) is 11.1 Å². The van der Waals surface area contributed by atoms with Crippen molar-refractivity contribution in [2.45, 2.75) is 82.7 Å². The van der Waals surface area contributed by atoms with Crippen LogP contribution in [-0.2, 0) is 31.5 Å². The summed E-state index contributed by atoms with van der Waals surface area (Å²) in [4.78, 5) is 0. The molecule has 7 rings (SSSR count). The standard InChI is InChI=1S/C46H46F6O6/c1-42(2,3)26-15-11-24(12-16-26)40-29(28-20-34(53-7)36(55-9)22-32(28)57-40)19-31-39(45(49,50)46(51,52)44(31,47)48)38-30-21-35(54-8)37(56-10)23-33(30)58-41(38)25-13-17-27(18-14-25)43(4,5)6/h11-18,20-23,30,33H,19H2,1-10H3. The van der Waals surface area contributed by atoms with E-state index in [1.807, 2.05) is 53.7 Å². The van der Waals surface area contributed by atoms with Gasteiger partial charge in [0.25, 0.3) is 0 Å². The predicted molar refractivity (Wildman–Crippen MR) is 210 cm³/mol. The summed E-state index contributed by atoms with van der Waals surface area (Å²) in [6, 6.07) is 16.8. The lowest BCUT2D eigenvalue weighted by Crippen LogP contribution is -2.49. The van der Waals surface area contributed by atoms with Crippen LogP contribution < -0.4 is 9.47 Å². The van der Waals surface area contributed by atoms with Crippen molar-refractivity contribution in [1.82, 2.24) is 0 Å². The Kier molecular flexibility index (Phi) is 9.84. The number of benzene rings is 3. The number of hydrogen-bond acceptors (Lipinski definition) is 6. The molecule has 308 valence electrons. The second-order valence-electron chi connectivity index (χ2n) is 16.8. The first-order chi connectivity index (χ1) is 27.1. The summed E-state index contributed by atoms with van der Waals surface area (Å²) in [7, 11) is 5.47. The summed E-state index contributed by atoms with van der Waals surface area (Å²) < 4.78 is 134. The average molecular weight is 809 g/mol. The van der Waals surface area contributed by atoms with Crippen molar-refractivity contribution in [2.24, 2.45) is 5.92 Å². The van der Waals surface area contributed by atoms with Crippen molar-refractivity contribution in [1.29, 1.82) is 0 Å². The van der Waals surface area contributed by atoms with Gasteiger partial charge in [-0.25, -0.2) is 0 Å². The molecular formula is C46H46F6O6. The number of ether oxygens (including phenoxy) is 5. The molecule has 1 aromatic heterocycles. The Balaban J connectivity index is 1.54. The van der Waals surface area contributed by atoms with Crippen LogP contribution in [0.2, 0.25) is 0 Å². The Labute approximate surface area is 333 Å². The topological polar surface area (TPSA) is 59.3 Å². The Morgan fingerprint density at radius 1 is 0.638 bits per heavy atom. The van der Waals surface area contributed by atoms with Crippen molar-refractivity contribution < 1.29 is 54.4 Å². The fraction of sp³-hybridized carbons (Fsp3) is 0.391. The second kappa shape index (κ2) is 13.9. The molecule has 0 amide bonds. The van der Waals surface area contributed by atoms with Gasteiger partial charge < -0.3 is 28.1 Å². The zero-order valence-corrected chi connectivity index (χ0v) is 34.0. The molecule has 4 aromatic rings. The third-order valence-corrected chi connectivity index (χ3v) is 11.2. The van der Waals surface area contributed by atoms with Gasteiger partial charge in [-0.05, 0) is 34.1 Å². The molecule has 0 saturated carbocycles. The van der Waals surface area contributed by atoms with Crippen molar-refractivity contribution in [2.75, 3.05) is 28.4 Å². The third-order valence-electron chi connectivity index (χ3n) is 11.2. The van der Waals surface area contributed by atoms with E-state index in [1.54, 1.807) is 36.4 Å². The highest BCUT2D eigenvalue weighted by atomic mass is 19.3. The molecule has 0 fully saturated rings. The number of fused-ring (bicyclic) bond motifs is 2. The van der Waals surface area contributed by atoms with E-state index in [0.29, 0.717) is 5.56 Å². The molecule has 2 aliphatic carbocycles. The second-order valence-corrected chi connectivity index (χ2v) is 16.8. The molecule has 0 N–H and O–H groups in total. The van der Waals surface area contributed by atoms with E-state index in [2.05, 4.69) is 0 Å². The molecular weight excluding hydrogens is 762 g/mol. The molecule has 3 aromatic carbocycles. The molecule has 2 heterocycles. The summed E-state index contributed by atoms with van der Waals surface area (Å²) >= 11 is 0. The van der Waals surface area contributed by atoms with Gasteiger partial charge in [0.1, 0.15) is 23.2 Å². The highest BCUT2D eigenvalue weighted by Crippen LogP contribution is 2.64. The Hall–Kier alpha value is -5.26. The maximum atomic E-state index is 16.8. The first-order valence-corrected chi connectivity index (χ1v) is 18.8. The maximum Gasteiger partial charge on any atom is 0.380 e. The Morgan fingerprint density at radius 2 is 1.16 bits per heavy atom. The smallest absolute Gasteiger partial charge is 0.380 e. The lowest BCUT2D eigenvalue weighted by atomic mass is 9.81. The van der Waals surface area contributed by atoms with E-state index in [-0.39, 0.29) is 67.5 Å². The van der Waals surface area contributed by atoms with Crippen LogP contribution in [0.1, 0.15) is 63.8 Å². The van der Waals surface area contributed by atoms with Crippen LogP contribution >= 0.6 is 0 Å². The largest absolute Gasteiger partial charge is 0.493 e. The first kappa shape index (κ1) is 40.9. The summed E-state index contributed by atoms with van der Waals surface area (Å²) in [6.07, 6.45) is 0.712. The van der Waals surface area contributed by atoms with Gasteiger partial charge in [0.2, 0.25) is 0 Å². The molecule has 0 radical (unpaired) electrons. The fourth-order valence-corrected chi connectivity index (χ4v) is 7.95. The van der Waals surface area contributed by atoms with Gasteiger partial charge in [0.15, 0.2) is 23.0 Å². The normalized spacial score (nSPS) is 21.1. The molecule has 12 heteroatoms. The fourth-order valence-electron chi connectivity index (χ4n) is 7.95. The van der Waals surface area contributed by atoms with Gasteiger partial charge in [0.05, 0.1) is 34.4 Å². The number of halogens is 6. The SMILES string of the molecule is COC1=CC2OC(c3ccc(C(C)(C)C)cc3)=C(C3=C(Cc4c(-c5ccc(C(C)(C)C)cc5)oc5cc(OC)c(OC)cc45)C(F)(F)C(F)(F)C3(F)F)C2C=C1OC. The molecule has 0 spiro atoms. The number of furan rings is 1. The highest BCUT2D eigenvalue weighted by molar-refractivity contribution is 5.91. The summed E-state index contributed by atoms with van der Waals surface area (Å²) in [6.45, 7) is 12.0. The highest BCUT2D eigenvalue weighted by Gasteiger charge is 2.80. The molecule has 1 aliphatic heterocycles. The minimum absolute atomic E-state index is 0.0226. The maximum absolute atomic E-state index is 16.8. The molecule has 0 saturated heterocycles. The lowest BCUT2D eigenvalue weighted by molar-refractivity contribution is -0.264. The lowest BCUT2D eigenvalue weighted by Gasteiger charge is -2.27. The number of hydrogen-bond donors (Lipinski definition) is 0. The van der Waals surface area contributed by atoms with Crippen LogP contribution in [0.4, 0.5) is 26.3 Å². The van der Waals surface area contributed by atoms with Crippen molar-refractivity contribution in [3.63, 3.8) is 0 Å². The molecule has 6 nitrogen and oxygen atoms in total. The molecule has 3 aliphatic rings. The van der Waals surface area contributed by atoms with Crippen molar-refractivity contribution in [3.8, 4) is 22.8 Å². The van der Waals surface area contributed by atoms with Crippen molar-refractivity contribution >= 4 is 16.7 Å². The first-order valence-electron chi connectivity index (χ1n) is 18.8. The number of rotatable bonds is 9. The average Bonchev–Trinajstić information content (AvgIpc) is 3.75. The monoisotopic (exact) mass is 808 g/mol. The van der Waals surface area contributed by atoms with Crippen LogP contribution in [0.25, 0.3) is 28.1 Å². The minimum atomic E-state index is -5.83. The Morgan fingerprint density at radius 3 is 1.67 bits per heavy atom. The van der Waals surface area contributed by atoms with E-state index in [4.69, 9.17) is 28.1 Å². The number of methoxy groups -OCH3 is 4. The third kappa shape index (κ3) is 6.34. The molecule has 0 bridgehead atoms. The minimum Gasteiger partial charge on any atom is -0.493 e. The van der Waals surface area contributed by atoms with Crippen molar-refractivity contribution in [3.05, 3.63) is 123 Å². The van der Waals surface area contributed by atoms with Gasteiger partial charge in [-0.3, -0.25) is 0 Å². The number of alkyl halides is 6. The van der Waals surface area contributed by atoms with Gasteiger partial charge in [0, 0.05) is 57.4 Å². The molecule has 58 heavy (non-hydrogen) atoms. The van der Waals surface area contributed by atoms with Crippen LogP contribution in [0.15, 0.2) is 105 Å². The predicted octanol–water partition coefficient (Wildman–Crippen LogP) is 12.0. The zero-order chi connectivity index (χ0) is 42.3. The van der Waals surface area contributed by atoms with E-state index < -0.39 is 52.9 Å². The van der Waals surface area contributed by atoms with Crippen LogP contribution in [0.5, 0.6) is 11.5 Å². The van der Waals surface area contributed by atoms with Gasteiger partial charge in [-0.2, -0.15) is 26.3 Å². The number of allylic oxidation sites excluding steroid dienone is 2. The van der Waals surface area contributed by atoms with Gasteiger partial charge >= 0.3 is 17.8 Å². The van der Waals surface area contributed by atoms with E-state index >= 15 is 26.3 Å². The van der Waals surface area contributed by atoms with E-state index in [1.165, 1.54) is 52.7 Å². The van der Waals surface area contributed by atoms with Crippen LogP contribution in [0.3, 0.4) is 0 Å². The molecule has 2 atom stereocenters. The van der Waals surface area contributed by atoms with Crippen LogP contribution in [-0.4, -0.2) is 52.3 Å².